The number of nitrogens with zero attached hydrogens (tertiary/aromatic N) is 2. The van der Waals surface area contributed by atoms with Crippen LogP contribution in [0.15, 0.2) is 82.3 Å². The van der Waals surface area contributed by atoms with Crippen molar-refractivity contribution < 1.29 is 0 Å². The summed E-state index contributed by atoms with van der Waals surface area (Å²) in [6, 6.07) is 24.6. The molecule has 3 aromatic carbocycles. The van der Waals surface area contributed by atoms with Crippen molar-refractivity contribution >= 4 is 38.9 Å². The van der Waals surface area contributed by atoms with Gasteiger partial charge in [-0.2, -0.15) is 0 Å². The second-order valence-electron chi connectivity index (χ2n) is 6.04. The molecule has 0 spiro atoms. The lowest BCUT2D eigenvalue weighted by Gasteiger charge is -2.34. The maximum Gasteiger partial charge on any atom is 0.147 e. The molecule has 0 aromatic heterocycles. The molecule has 1 aliphatic heterocycles. The number of hydrogen-bond acceptors (Lipinski definition) is 2. The molecular weight excluding hydrogens is 396 g/mol. The number of hydrogen-bond donors (Lipinski definition) is 0. The predicted octanol–water partition coefficient (Wildman–Crippen LogP) is 6.09. The van der Waals surface area contributed by atoms with Crippen LogP contribution in [0, 0.1) is 0 Å². The maximum absolute atomic E-state index is 6.27. The van der Waals surface area contributed by atoms with E-state index in [0.717, 1.165) is 37.6 Å². The zero-order chi connectivity index (χ0) is 17.4. The summed E-state index contributed by atoms with van der Waals surface area (Å²) in [5.41, 5.74) is 5.42. The standard InChI is InChI=1S/C21H16BrClN2/c1-25-19-12-11-17(23)13-18(19)20(14-5-3-2-4-6-14)24-21(25)15-7-9-16(22)10-8-15/h2-13,21H,1H3. The second kappa shape index (κ2) is 6.66. The highest BCUT2D eigenvalue weighted by Crippen LogP contribution is 2.37. The molecule has 0 amide bonds. The molecule has 0 N–H and O–H groups in total. The lowest BCUT2D eigenvalue weighted by atomic mass is 9.96. The third-order valence-corrected chi connectivity index (χ3v) is 5.19. The Balaban J connectivity index is 1.90. The largest absolute Gasteiger partial charge is 0.349 e. The summed E-state index contributed by atoms with van der Waals surface area (Å²) in [5, 5.41) is 0.720. The van der Waals surface area contributed by atoms with Crippen LogP contribution in [-0.4, -0.2) is 12.8 Å². The molecule has 0 fully saturated rings. The van der Waals surface area contributed by atoms with Crippen molar-refractivity contribution in [2.45, 2.75) is 6.17 Å². The van der Waals surface area contributed by atoms with Gasteiger partial charge in [-0.25, -0.2) is 0 Å². The van der Waals surface area contributed by atoms with Crippen LogP contribution >= 0.6 is 27.5 Å². The van der Waals surface area contributed by atoms with Crippen molar-refractivity contribution in [1.29, 1.82) is 0 Å². The third kappa shape index (κ3) is 3.10. The first-order valence-electron chi connectivity index (χ1n) is 8.05. The summed E-state index contributed by atoms with van der Waals surface area (Å²) in [7, 11) is 2.07. The van der Waals surface area contributed by atoms with Gasteiger partial charge >= 0.3 is 0 Å². The minimum Gasteiger partial charge on any atom is -0.349 e. The minimum absolute atomic E-state index is 0.0722. The number of rotatable bonds is 2. The van der Waals surface area contributed by atoms with Crippen LogP contribution in [0.4, 0.5) is 5.69 Å². The molecule has 0 saturated heterocycles. The molecule has 1 unspecified atom stereocenters. The van der Waals surface area contributed by atoms with Crippen molar-refractivity contribution in [2.24, 2.45) is 4.99 Å². The highest BCUT2D eigenvalue weighted by atomic mass is 79.9. The maximum atomic E-state index is 6.27. The van der Waals surface area contributed by atoms with Gasteiger partial charge in [-0.05, 0) is 35.9 Å². The zero-order valence-electron chi connectivity index (χ0n) is 13.7. The van der Waals surface area contributed by atoms with E-state index in [2.05, 4.69) is 70.3 Å². The van der Waals surface area contributed by atoms with E-state index in [9.17, 15) is 0 Å². The molecular formula is C21H16BrClN2. The topological polar surface area (TPSA) is 15.6 Å². The molecule has 0 radical (unpaired) electrons. The van der Waals surface area contributed by atoms with E-state index in [1.165, 1.54) is 0 Å². The van der Waals surface area contributed by atoms with Crippen LogP contribution in [0.25, 0.3) is 0 Å². The fourth-order valence-electron chi connectivity index (χ4n) is 3.17. The van der Waals surface area contributed by atoms with Gasteiger partial charge in [-0.15, -0.1) is 0 Å². The summed E-state index contributed by atoms with van der Waals surface area (Å²) >= 11 is 9.77. The van der Waals surface area contributed by atoms with Crippen molar-refractivity contribution in [3.05, 3.63) is 99.0 Å². The van der Waals surface area contributed by atoms with Crippen molar-refractivity contribution in [1.82, 2.24) is 0 Å². The normalized spacial score (nSPS) is 16.4. The summed E-state index contributed by atoms with van der Waals surface area (Å²) in [5.74, 6) is 0. The van der Waals surface area contributed by atoms with Gasteiger partial charge in [-0.3, -0.25) is 4.99 Å². The SMILES string of the molecule is CN1c2ccc(Cl)cc2C(c2ccccc2)=NC1c1ccc(Br)cc1. The van der Waals surface area contributed by atoms with Gasteiger partial charge in [0.05, 0.1) is 5.71 Å². The smallest absolute Gasteiger partial charge is 0.147 e. The summed E-state index contributed by atoms with van der Waals surface area (Å²) in [6.45, 7) is 0. The summed E-state index contributed by atoms with van der Waals surface area (Å²) in [4.78, 5) is 7.28. The Labute approximate surface area is 160 Å². The molecule has 1 atom stereocenters. The fraction of sp³-hybridized carbons (Fsp3) is 0.0952. The first-order valence-corrected chi connectivity index (χ1v) is 9.22. The Morgan fingerprint density at radius 2 is 1.68 bits per heavy atom. The van der Waals surface area contributed by atoms with Crippen molar-refractivity contribution in [2.75, 3.05) is 11.9 Å². The lowest BCUT2D eigenvalue weighted by molar-refractivity contribution is 0.698. The second-order valence-corrected chi connectivity index (χ2v) is 7.39. The number of benzene rings is 3. The van der Waals surface area contributed by atoms with E-state index in [0.29, 0.717) is 0 Å². The molecule has 4 rings (SSSR count). The van der Waals surface area contributed by atoms with E-state index in [4.69, 9.17) is 16.6 Å². The van der Waals surface area contributed by atoms with E-state index in [1.54, 1.807) is 0 Å². The van der Waals surface area contributed by atoms with Gasteiger partial charge in [-0.1, -0.05) is 70.0 Å². The Hall–Kier alpha value is -2.10. The fourth-order valence-corrected chi connectivity index (χ4v) is 3.61. The van der Waals surface area contributed by atoms with Crippen LogP contribution in [0.2, 0.25) is 5.02 Å². The third-order valence-electron chi connectivity index (χ3n) is 4.43. The molecule has 25 heavy (non-hydrogen) atoms. The highest BCUT2D eigenvalue weighted by Gasteiger charge is 2.27. The monoisotopic (exact) mass is 410 g/mol. The Morgan fingerprint density at radius 3 is 2.40 bits per heavy atom. The molecule has 124 valence electrons. The van der Waals surface area contributed by atoms with E-state index >= 15 is 0 Å². The Kier molecular flexibility index (Phi) is 4.36. The summed E-state index contributed by atoms with van der Waals surface area (Å²) in [6.07, 6.45) is -0.0722. The quantitative estimate of drug-likeness (QED) is 0.498. The molecule has 1 aliphatic rings. The predicted molar refractivity (Wildman–Crippen MR) is 109 cm³/mol. The van der Waals surface area contributed by atoms with Gasteiger partial charge < -0.3 is 4.90 Å². The molecule has 0 saturated carbocycles. The molecule has 4 heteroatoms. The number of anilines is 1. The van der Waals surface area contributed by atoms with Gasteiger partial charge in [0.2, 0.25) is 0 Å². The average molecular weight is 412 g/mol. The molecule has 1 heterocycles. The Morgan fingerprint density at radius 1 is 0.960 bits per heavy atom. The Bertz CT molecular complexity index is 936. The van der Waals surface area contributed by atoms with E-state index < -0.39 is 0 Å². The first kappa shape index (κ1) is 16.4. The van der Waals surface area contributed by atoms with Crippen LogP contribution in [0.1, 0.15) is 22.9 Å². The molecule has 0 bridgehead atoms. The minimum atomic E-state index is -0.0722. The number of aliphatic imine (C=N–C) groups is 1. The zero-order valence-corrected chi connectivity index (χ0v) is 16.0. The van der Waals surface area contributed by atoms with Crippen molar-refractivity contribution in [3.8, 4) is 0 Å². The summed E-state index contributed by atoms with van der Waals surface area (Å²) < 4.78 is 1.06. The van der Waals surface area contributed by atoms with E-state index in [-0.39, 0.29) is 6.17 Å². The molecule has 2 nitrogen and oxygen atoms in total. The van der Waals surface area contributed by atoms with Crippen LogP contribution in [-0.2, 0) is 0 Å². The van der Waals surface area contributed by atoms with Gasteiger partial charge in [0, 0.05) is 33.4 Å². The lowest BCUT2D eigenvalue weighted by Crippen LogP contribution is -2.30. The number of fused-ring (bicyclic) bond motifs is 1. The van der Waals surface area contributed by atoms with Gasteiger partial charge in [0.15, 0.2) is 0 Å². The van der Waals surface area contributed by atoms with Crippen LogP contribution < -0.4 is 4.90 Å². The average Bonchev–Trinajstić information content (AvgIpc) is 2.64. The van der Waals surface area contributed by atoms with Gasteiger partial charge in [0.1, 0.15) is 6.17 Å². The van der Waals surface area contributed by atoms with Crippen LogP contribution in [0.3, 0.4) is 0 Å². The number of halogens is 2. The van der Waals surface area contributed by atoms with Gasteiger partial charge in [0.25, 0.3) is 0 Å². The van der Waals surface area contributed by atoms with E-state index in [1.807, 2.05) is 30.3 Å². The van der Waals surface area contributed by atoms with Crippen LogP contribution in [0.5, 0.6) is 0 Å². The molecule has 0 aliphatic carbocycles. The first-order chi connectivity index (χ1) is 12.1. The van der Waals surface area contributed by atoms with Crippen molar-refractivity contribution in [3.63, 3.8) is 0 Å². The molecule has 3 aromatic rings. The highest BCUT2D eigenvalue weighted by molar-refractivity contribution is 9.10.